The average molecular weight is 324 g/mol. The average Bonchev–Trinajstić information content (AvgIpc) is 2.91. The van der Waals surface area contributed by atoms with Gasteiger partial charge in [-0.2, -0.15) is 0 Å². The van der Waals surface area contributed by atoms with E-state index in [-0.39, 0.29) is 5.91 Å². The van der Waals surface area contributed by atoms with Crippen LogP contribution in [0.2, 0.25) is 0 Å². The number of hydrogen-bond donors (Lipinski definition) is 1. The van der Waals surface area contributed by atoms with Crippen molar-refractivity contribution in [1.29, 1.82) is 0 Å². The Morgan fingerprint density at radius 3 is 2.79 bits per heavy atom. The lowest BCUT2D eigenvalue weighted by Crippen LogP contribution is -2.14. The summed E-state index contributed by atoms with van der Waals surface area (Å²) in [5.74, 6) is 0.935. The molecule has 0 spiro atoms. The lowest BCUT2D eigenvalue weighted by Gasteiger charge is -2.12. The smallest absolute Gasteiger partial charge is 0.224 e. The molecular formula is C16H22BrNO. The van der Waals surface area contributed by atoms with Crippen molar-refractivity contribution in [2.24, 2.45) is 5.92 Å². The van der Waals surface area contributed by atoms with Crippen LogP contribution in [0.5, 0.6) is 0 Å². The third-order valence-electron chi connectivity index (χ3n) is 3.98. The van der Waals surface area contributed by atoms with Crippen molar-refractivity contribution in [3.8, 4) is 0 Å². The second kappa shape index (κ2) is 7.09. The number of aryl methyl sites for hydroxylation is 1. The number of amides is 1. The highest BCUT2D eigenvalue weighted by Crippen LogP contribution is 2.29. The molecule has 1 fully saturated rings. The Kier molecular flexibility index (Phi) is 5.44. The summed E-state index contributed by atoms with van der Waals surface area (Å²) in [6, 6.07) is 6.04. The van der Waals surface area contributed by atoms with Crippen molar-refractivity contribution < 1.29 is 4.79 Å². The summed E-state index contributed by atoms with van der Waals surface area (Å²) >= 11 is 3.47. The van der Waals surface area contributed by atoms with E-state index in [1.165, 1.54) is 31.2 Å². The highest BCUT2D eigenvalue weighted by atomic mass is 79.9. The molecule has 0 radical (unpaired) electrons. The minimum atomic E-state index is 0.156. The molecule has 0 aliphatic heterocycles. The van der Waals surface area contributed by atoms with Gasteiger partial charge in [0.15, 0.2) is 0 Å². The summed E-state index contributed by atoms with van der Waals surface area (Å²) in [4.78, 5) is 12.0. The van der Waals surface area contributed by atoms with E-state index in [9.17, 15) is 4.79 Å². The van der Waals surface area contributed by atoms with E-state index >= 15 is 0 Å². The second-order valence-electron chi connectivity index (χ2n) is 5.39. The fourth-order valence-corrected chi connectivity index (χ4v) is 3.23. The first-order chi connectivity index (χ1) is 9.19. The molecule has 2 nitrogen and oxygen atoms in total. The molecule has 19 heavy (non-hydrogen) atoms. The van der Waals surface area contributed by atoms with Crippen molar-refractivity contribution >= 4 is 27.5 Å². The predicted molar refractivity (Wildman–Crippen MR) is 83.3 cm³/mol. The molecule has 0 unspecified atom stereocenters. The van der Waals surface area contributed by atoms with Gasteiger partial charge in [0.05, 0.1) is 0 Å². The first-order valence-corrected chi connectivity index (χ1v) is 8.06. The Morgan fingerprint density at radius 1 is 1.37 bits per heavy atom. The third-order valence-corrected chi connectivity index (χ3v) is 4.47. The molecule has 0 heterocycles. The summed E-state index contributed by atoms with van der Waals surface area (Å²) in [6.45, 7) is 2.11. The maximum Gasteiger partial charge on any atom is 0.224 e. The number of anilines is 1. The first kappa shape index (κ1) is 14.6. The number of benzene rings is 1. The highest BCUT2D eigenvalue weighted by Gasteiger charge is 2.16. The molecule has 1 aromatic carbocycles. The van der Waals surface area contributed by atoms with Gasteiger partial charge in [-0.15, -0.1) is 0 Å². The van der Waals surface area contributed by atoms with E-state index in [4.69, 9.17) is 0 Å². The van der Waals surface area contributed by atoms with Crippen LogP contribution in [0.1, 0.15) is 51.0 Å². The summed E-state index contributed by atoms with van der Waals surface area (Å²) in [7, 11) is 0. The molecule has 0 atom stereocenters. The van der Waals surface area contributed by atoms with Crippen LogP contribution in [0.3, 0.4) is 0 Å². The molecule has 0 aromatic heterocycles. The normalized spacial score (nSPS) is 15.7. The summed E-state index contributed by atoms with van der Waals surface area (Å²) < 4.78 is 1.06. The fraction of sp³-hybridized carbons (Fsp3) is 0.562. The monoisotopic (exact) mass is 323 g/mol. The molecular weight excluding hydrogens is 302 g/mol. The largest absolute Gasteiger partial charge is 0.326 e. The van der Waals surface area contributed by atoms with Gasteiger partial charge >= 0.3 is 0 Å². The Bertz CT molecular complexity index is 438. The van der Waals surface area contributed by atoms with Crippen molar-refractivity contribution in [1.82, 2.24) is 0 Å². The van der Waals surface area contributed by atoms with Crippen LogP contribution in [0, 0.1) is 5.92 Å². The van der Waals surface area contributed by atoms with Crippen LogP contribution in [-0.4, -0.2) is 5.91 Å². The number of carbonyl (C=O) groups is 1. The summed E-state index contributed by atoms with van der Waals surface area (Å²) in [5.41, 5.74) is 2.14. The van der Waals surface area contributed by atoms with Crippen molar-refractivity contribution in [3.05, 3.63) is 28.2 Å². The first-order valence-electron chi connectivity index (χ1n) is 7.27. The summed E-state index contributed by atoms with van der Waals surface area (Å²) in [6.07, 6.45) is 7.95. The summed E-state index contributed by atoms with van der Waals surface area (Å²) in [5, 5.41) is 3.05. The highest BCUT2D eigenvalue weighted by molar-refractivity contribution is 9.10. The zero-order valence-corrected chi connectivity index (χ0v) is 13.1. The SMILES string of the molecule is CCc1cc(Br)ccc1NC(=O)CCC1CCCC1. The Hall–Kier alpha value is -0.830. The molecule has 1 N–H and O–H groups in total. The van der Waals surface area contributed by atoms with E-state index in [2.05, 4.69) is 34.2 Å². The minimum absolute atomic E-state index is 0.156. The standard InChI is InChI=1S/C16H22BrNO/c1-2-13-11-14(17)8-9-15(13)18-16(19)10-7-12-5-3-4-6-12/h8-9,11-12H,2-7,10H2,1H3,(H,18,19). The minimum Gasteiger partial charge on any atom is -0.326 e. The predicted octanol–water partition coefficient (Wildman–Crippen LogP) is 4.92. The van der Waals surface area contributed by atoms with Crippen molar-refractivity contribution in [3.63, 3.8) is 0 Å². The van der Waals surface area contributed by atoms with Crippen LogP contribution < -0.4 is 5.32 Å². The van der Waals surface area contributed by atoms with Gasteiger partial charge in [-0.1, -0.05) is 48.5 Å². The van der Waals surface area contributed by atoms with E-state index < -0.39 is 0 Å². The zero-order valence-electron chi connectivity index (χ0n) is 11.5. The van der Waals surface area contributed by atoms with E-state index in [0.29, 0.717) is 6.42 Å². The third kappa shape index (κ3) is 4.34. The van der Waals surface area contributed by atoms with Gasteiger partial charge in [0, 0.05) is 16.6 Å². The molecule has 3 heteroatoms. The maximum absolute atomic E-state index is 12.0. The van der Waals surface area contributed by atoms with Gasteiger partial charge in [0.2, 0.25) is 5.91 Å². The number of halogens is 1. The molecule has 104 valence electrons. The molecule has 1 aliphatic carbocycles. The van der Waals surface area contributed by atoms with Gasteiger partial charge in [-0.3, -0.25) is 4.79 Å². The van der Waals surface area contributed by atoms with Gasteiger partial charge < -0.3 is 5.32 Å². The van der Waals surface area contributed by atoms with Crippen LogP contribution >= 0.6 is 15.9 Å². The Morgan fingerprint density at radius 2 is 2.11 bits per heavy atom. The fourth-order valence-electron chi connectivity index (χ4n) is 2.82. The van der Waals surface area contributed by atoms with Crippen LogP contribution in [0.15, 0.2) is 22.7 Å². The van der Waals surface area contributed by atoms with E-state index in [1.807, 2.05) is 12.1 Å². The number of hydrogen-bond acceptors (Lipinski definition) is 1. The number of rotatable bonds is 5. The van der Waals surface area contributed by atoms with Gasteiger partial charge in [0.25, 0.3) is 0 Å². The lowest BCUT2D eigenvalue weighted by atomic mass is 10.0. The zero-order chi connectivity index (χ0) is 13.7. The van der Waals surface area contributed by atoms with Gasteiger partial charge in [0.1, 0.15) is 0 Å². The topological polar surface area (TPSA) is 29.1 Å². The molecule has 1 amide bonds. The molecule has 1 aliphatic rings. The van der Waals surface area contributed by atoms with E-state index in [1.54, 1.807) is 0 Å². The van der Waals surface area contributed by atoms with Gasteiger partial charge in [-0.05, 0) is 42.5 Å². The van der Waals surface area contributed by atoms with Crippen molar-refractivity contribution in [2.45, 2.75) is 51.9 Å². The molecule has 0 saturated heterocycles. The lowest BCUT2D eigenvalue weighted by molar-refractivity contribution is -0.116. The molecule has 1 aromatic rings. The van der Waals surface area contributed by atoms with Crippen molar-refractivity contribution in [2.75, 3.05) is 5.32 Å². The van der Waals surface area contributed by atoms with Gasteiger partial charge in [-0.25, -0.2) is 0 Å². The quantitative estimate of drug-likeness (QED) is 0.818. The number of carbonyl (C=O) groups excluding carboxylic acids is 1. The van der Waals surface area contributed by atoms with Crippen LogP contribution in [0.25, 0.3) is 0 Å². The molecule has 0 bridgehead atoms. The van der Waals surface area contributed by atoms with Crippen LogP contribution in [-0.2, 0) is 11.2 Å². The van der Waals surface area contributed by atoms with Crippen LogP contribution in [0.4, 0.5) is 5.69 Å². The Balaban J connectivity index is 1.87. The van der Waals surface area contributed by atoms with E-state index in [0.717, 1.165) is 28.9 Å². The molecule has 1 saturated carbocycles. The maximum atomic E-state index is 12.0. The second-order valence-corrected chi connectivity index (χ2v) is 6.31. The Labute approximate surface area is 124 Å². The number of nitrogens with one attached hydrogen (secondary N) is 1. The molecule has 2 rings (SSSR count).